The van der Waals surface area contributed by atoms with Crippen molar-refractivity contribution in [1.82, 2.24) is 0 Å². The first-order chi connectivity index (χ1) is 5.74. The molecular formula is C8H11NO3. The van der Waals surface area contributed by atoms with Crippen molar-refractivity contribution in [2.45, 2.75) is 19.8 Å². The number of furan rings is 1. The number of nitrogens with two attached hydrogens (primary N) is 1. The van der Waals surface area contributed by atoms with Crippen molar-refractivity contribution in [3.63, 3.8) is 0 Å². The van der Waals surface area contributed by atoms with Gasteiger partial charge in [0.1, 0.15) is 0 Å². The smallest absolute Gasteiger partial charge is 0.412 e. The van der Waals surface area contributed by atoms with Gasteiger partial charge in [0.2, 0.25) is 0 Å². The van der Waals surface area contributed by atoms with Crippen LogP contribution in [0.1, 0.15) is 18.9 Å². The zero-order valence-corrected chi connectivity index (χ0v) is 6.87. The highest BCUT2D eigenvalue weighted by atomic mass is 16.6. The summed E-state index contributed by atoms with van der Waals surface area (Å²) in [5, 5.41) is 0. The lowest BCUT2D eigenvalue weighted by molar-refractivity contribution is 0.197. The Bertz CT molecular complexity index is 267. The second-order valence-corrected chi connectivity index (χ2v) is 2.40. The molecule has 4 heteroatoms. The Morgan fingerprint density at radius 2 is 2.50 bits per heavy atom. The van der Waals surface area contributed by atoms with Crippen LogP contribution in [-0.2, 0) is 6.42 Å². The van der Waals surface area contributed by atoms with E-state index in [1.807, 2.05) is 6.92 Å². The van der Waals surface area contributed by atoms with Gasteiger partial charge in [-0.25, -0.2) is 4.79 Å². The highest BCUT2D eigenvalue weighted by molar-refractivity contribution is 5.67. The lowest BCUT2D eigenvalue weighted by Gasteiger charge is -1.98. The van der Waals surface area contributed by atoms with Crippen LogP contribution in [0.5, 0.6) is 5.95 Å². The quantitative estimate of drug-likeness (QED) is 0.748. The van der Waals surface area contributed by atoms with Crippen molar-refractivity contribution in [3.8, 4) is 5.95 Å². The van der Waals surface area contributed by atoms with E-state index >= 15 is 0 Å². The Hall–Kier alpha value is -1.45. The topological polar surface area (TPSA) is 65.5 Å². The van der Waals surface area contributed by atoms with Crippen molar-refractivity contribution in [2.75, 3.05) is 0 Å². The first-order valence-corrected chi connectivity index (χ1v) is 3.77. The third-order valence-electron chi connectivity index (χ3n) is 1.42. The van der Waals surface area contributed by atoms with Crippen molar-refractivity contribution in [1.29, 1.82) is 0 Å². The predicted octanol–water partition coefficient (Wildman–Crippen LogP) is 1.69. The van der Waals surface area contributed by atoms with Crippen LogP contribution in [0.25, 0.3) is 0 Å². The average molecular weight is 169 g/mol. The molecule has 4 nitrogen and oxygen atoms in total. The van der Waals surface area contributed by atoms with Gasteiger partial charge in [-0.1, -0.05) is 13.3 Å². The number of carbonyl (C=O) groups excluding carboxylic acids is 1. The van der Waals surface area contributed by atoms with Gasteiger partial charge in [-0.2, -0.15) is 0 Å². The number of carbonyl (C=O) groups is 1. The molecule has 1 aromatic heterocycles. The Balaban J connectivity index is 2.69. The van der Waals surface area contributed by atoms with Gasteiger partial charge in [0.25, 0.3) is 5.95 Å². The van der Waals surface area contributed by atoms with Crippen LogP contribution in [-0.4, -0.2) is 6.09 Å². The van der Waals surface area contributed by atoms with Crippen molar-refractivity contribution < 1.29 is 13.9 Å². The lowest BCUT2D eigenvalue weighted by Crippen LogP contribution is -2.16. The molecule has 0 aromatic carbocycles. The van der Waals surface area contributed by atoms with Gasteiger partial charge < -0.3 is 14.9 Å². The van der Waals surface area contributed by atoms with E-state index in [9.17, 15) is 4.79 Å². The molecule has 12 heavy (non-hydrogen) atoms. The molecule has 0 radical (unpaired) electrons. The maximum atomic E-state index is 10.4. The van der Waals surface area contributed by atoms with Gasteiger partial charge in [0, 0.05) is 5.56 Å². The largest absolute Gasteiger partial charge is 0.434 e. The van der Waals surface area contributed by atoms with Gasteiger partial charge in [-0.05, 0) is 12.5 Å². The van der Waals surface area contributed by atoms with Crippen LogP contribution in [0, 0.1) is 0 Å². The summed E-state index contributed by atoms with van der Waals surface area (Å²) in [6.45, 7) is 2.03. The van der Waals surface area contributed by atoms with Gasteiger partial charge in [0.05, 0.1) is 6.26 Å². The summed E-state index contributed by atoms with van der Waals surface area (Å²) in [6.07, 6.45) is 2.42. The third-order valence-corrected chi connectivity index (χ3v) is 1.42. The molecule has 0 spiro atoms. The standard InChI is InChI=1S/C8H11NO3/c1-2-3-6-4-5-11-7(6)12-8(9)10/h4-5H,2-3H2,1H3,(H2,9,10). The zero-order valence-electron chi connectivity index (χ0n) is 6.87. The molecule has 0 aliphatic carbocycles. The lowest BCUT2D eigenvalue weighted by atomic mass is 10.2. The normalized spacial score (nSPS) is 9.75. The van der Waals surface area contributed by atoms with Crippen LogP contribution >= 0.6 is 0 Å². The van der Waals surface area contributed by atoms with Crippen LogP contribution in [0.4, 0.5) is 4.79 Å². The third kappa shape index (κ3) is 2.02. The van der Waals surface area contributed by atoms with Crippen LogP contribution in [0.2, 0.25) is 0 Å². The number of hydrogen-bond acceptors (Lipinski definition) is 3. The number of hydrogen-bond donors (Lipinski definition) is 1. The highest BCUT2D eigenvalue weighted by Gasteiger charge is 2.08. The SMILES string of the molecule is CCCc1ccoc1OC(N)=O. The first kappa shape index (κ1) is 8.64. The highest BCUT2D eigenvalue weighted by Crippen LogP contribution is 2.20. The molecule has 0 saturated heterocycles. The van der Waals surface area contributed by atoms with Crippen molar-refractivity contribution in [3.05, 3.63) is 17.9 Å². The summed E-state index contributed by atoms with van der Waals surface area (Å²) in [5.74, 6) is 0.212. The number of primary amides is 1. The van der Waals surface area contributed by atoms with E-state index < -0.39 is 6.09 Å². The van der Waals surface area contributed by atoms with Gasteiger partial charge >= 0.3 is 6.09 Å². The summed E-state index contributed by atoms with van der Waals surface area (Å²) >= 11 is 0. The summed E-state index contributed by atoms with van der Waals surface area (Å²) in [6, 6.07) is 1.77. The molecule has 1 aromatic rings. The second kappa shape index (κ2) is 3.80. The average Bonchev–Trinajstić information content (AvgIpc) is 2.37. The Labute approximate surface area is 70.3 Å². The number of ether oxygens (including phenoxy) is 1. The molecule has 66 valence electrons. The van der Waals surface area contributed by atoms with Gasteiger partial charge in [0.15, 0.2) is 0 Å². The molecule has 1 heterocycles. The molecule has 0 atom stereocenters. The first-order valence-electron chi connectivity index (χ1n) is 3.77. The Morgan fingerprint density at radius 3 is 3.08 bits per heavy atom. The minimum Gasteiger partial charge on any atom is -0.434 e. The van der Waals surface area contributed by atoms with Crippen LogP contribution in [0.3, 0.4) is 0 Å². The molecule has 0 aliphatic heterocycles. The zero-order chi connectivity index (χ0) is 8.97. The molecule has 1 rings (SSSR count). The summed E-state index contributed by atoms with van der Waals surface area (Å²) in [4.78, 5) is 10.4. The summed E-state index contributed by atoms with van der Waals surface area (Å²) in [7, 11) is 0. The maximum absolute atomic E-state index is 10.4. The Kier molecular flexibility index (Phi) is 2.74. The van der Waals surface area contributed by atoms with E-state index in [0.717, 1.165) is 18.4 Å². The molecule has 0 saturated carbocycles. The summed E-state index contributed by atoms with van der Waals surface area (Å²) < 4.78 is 9.52. The van der Waals surface area contributed by atoms with E-state index in [2.05, 4.69) is 4.74 Å². The number of amides is 1. The monoisotopic (exact) mass is 169 g/mol. The minimum atomic E-state index is -0.845. The molecule has 0 aliphatic rings. The Morgan fingerprint density at radius 1 is 1.75 bits per heavy atom. The molecule has 0 unspecified atom stereocenters. The van der Waals surface area contributed by atoms with E-state index in [1.54, 1.807) is 6.07 Å². The predicted molar refractivity (Wildman–Crippen MR) is 42.9 cm³/mol. The number of rotatable bonds is 3. The van der Waals surface area contributed by atoms with Crippen molar-refractivity contribution in [2.24, 2.45) is 5.73 Å². The molecule has 1 amide bonds. The van der Waals surface area contributed by atoms with E-state index in [4.69, 9.17) is 10.2 Å². The van der Waals surface area contributed by atoms with Crippen molar-refractivity contribution >= 4 is 6.09 Å². The van der Waals surface area contributed by atoms with E-state index in [0.29, 0.717) is 0 Å². The fraction of sp³-hybridized carbons (Fsp3) is 0.375. The maximum Gasteiger partial charge on any atom is 0.412 e. The minimum absolute atomic E-state index is 0.212. The van der Waals surface area contributed by atoms with Crippen LogP contribution in [0.15, 0.2) is 16.7 Å². The molecule has 2 N–H and O–H groups in total. The van der Waals surface area contributed by atoms with Gasteiger partial charge in [-0.3, -0.25) is 0 Å². The van der Waals surface area contributed by atoms with Gasteiger partial charge in [-0.15, -0.1) is 0 Å². The van der Waals surface area contributed by atoms with E-state index in [1.165, 1.54) is 6.26 Å². The molecular weight excluding hydrogens is 158 g/mol. The molecule has 0 fully saturated rings. The van der Waals surface area contributed by atoms with E-state index in [-0.39, 0.29) is 5.95 Å². The van der Waals surface area contributed by atoms with Crippen LogP contribution < -0.4 is 10.5 Å². The second-order valence-electron chi connectivity index (χ2n) is 2.40. The fourth-order valence-electron chi connectivity index (χ4n) is 0.957. The number of aryl methyl sites for hydroxylation is 1. The fourth-order valence-corrected chi connectivity index (χ4v) is 0.957. The molecule has 0 bridgehead atoms. The summed E-state index contributed by atoms with van der Waals surface area (Å²) in [5.41, 5.74) is 5.70.